The van der Waals surface area contributed by atoms with Crippen LogP contribution in [0.5, 0.6) is 0 Å². The molecular weight excluding hydrogens is 380 g/mol. The Balaban J connectivity index is 1.76. The van der Waals surface area contributed by atoms with Gasteiger partial charge in [-0.25, -0.2) is 0 Å². The largest absolute Gasteiger partial charge is 0.321 e. The van der Waals surface area contributed by atoms with E-state index in [1.807, 2.05) is 30.3 Å². The molecule has 4 aromatic rings. The van der Waals surface area contributed by atoms with Crippen LogP contribution in [0, 0.1) is 10.1 Å². The van der Waals surface area contributed by atoms with Crippen LogP contribution < -0.4 is 5.32 Å². The van der Waals surface area contributed by atoms with E-state index in [-0.39, 0.29) is 16.9 Å². The summed E-state index contributed by atoms with van der Waals surface area (Å²) in [6.45, 7) is 0. The second kappa shape index (κ2) is 7.97. The number of fused-ring (bicyclic) bond motifs is 1. The molecular formula is C24H16N2O4. The minimum Gasteiger partial charge on any atom is -0.321 e. The highest BCUT2D eigenvalue weighted by Crippen LogP contribution is 2.26. The van der Waals surface area contributed by atoms with Gasteiger partial charge in [0.25, 0.3) is 11.6 Å². The molecule has 0 radical (unpaired) electrons. The number of nitrogens with zero attached hydrogens (tertiary/aromatic N) is 1. The van der Waals surface area contributed by atoms with Crippen LogP contribution in [0.4, 0.5) is 11.4 Å². The van der Waals surface area contributed by atoms with Gasteiger partial charge in [-0.05, 0) is 22.9 Å². The molecule has 0 saturated heterocycles. The molecule has 0 aromatic heterocycles. The number of nitro benzene ring substituents is 1. The van der Waals surface area contributed by atoms with Gasteiger partial charge in [-0.15, -0.1) is 0 Å². The maximum absolute atomic E-state index is 13.0. The normalized spacial score (nSPS) is 10.5. The van der Waals surface area contributed by atoms with Gasteiger partial charge in [-0.3, -0.25) is 19.7 Å². The van der Waals surface area contributed by atoms with Crippen LogP contribution in [0.2, 0.25) is 0 Å². The van der Waals surface area contributed by atoms with E-state index in [4.69, 9.17) is 0 Å². The van der Waals surface area contributed by atoms with E-state index in [9.17, 15) is 19.7 Å². The summed E-state index contributed by atoms with van der Waals surface area (Å²) >= 11 is 0. The SMILES string of the molecule is O=C(c1ccccc1)c1cc([N+](=O)[O-])ccc1NC(=O)c1cccc2ccccc12. The van der Waals surface area contributed by atoms with Gasteiger partial charge in [0.1, 0.15) is 0 Å². The quantitative estimate of drug-likeness (QED) is 0.284. The van der Waals surface area contributed by atoms with Crippen molar-refractivity contribution in [2.45, 2.75) is 0 Å². The molecule has 0 spiro atoms. The molecule has 4 aromatic carbocycles. The van der Waals surface area contributed by atoms with Crippen molar-refractivity contribution in [1.29, 1.82) is 0 Å². The number of hydrogen-bond acceptors (Lipinski definition) is 4. The molecule has 0 atom stereocenters. The van der Waals surface area contributed by atoms with Crippen molar-refractivity contribution in [2.75, 3.05) is 5.32 Å². The predicted octanol–water partition coefficient (Wildman–Crippen LogP) is 5.23. The summed E-state index contributed by atoms with van der Waals surface area (Å²) in [7, 11) is 0. The molecule has 6 nitrogen and oxygen atoms in total. The van der Waals surface area contributed by atoms with Gasteiger partial charge in [0.05, 0.1) is 16.2 Å². The number of nitro groups is 1. The molecule has 0 unspecified atom stereocenters. The third-order valence-corrected chi connectivity index (χ3v) is 4.78. The molecule has 30 heavy (non-hydrogen) atoms. The molecule has 6 heteroatoms. The van der Waals surface area contributed by atoms with E-state index in [0.29, 0.717) is 11.1 Å². The van der Waals surface area contributed by atoms with Crippen molar-refractivity contribution in [3.05, 3.63) is 118 Å². The van der Waals surface area contributed by atoms with Crippen LogP contribution >= 0.6 is 0 Å². The van der Waals surface area contributed by atoms with Crippen molar-refractivity contribution in [2.24, 2.45) is 0 Å². The fourth-order valence-corrected chi connectivity index (χ4v) is 3.30. The minimum absolute atomic E-state index is 0.0592. The van der Waals surface area contributed by atoms with Crippen LogP contribution in [0.15, 0.2) is 91.0 Å². The zero-order chi connectivity index (χ0) is 21.1. The highest BCUT2D eigenvalue weighted by atomic mass is 16.6. The van der Waals surface area contributed by atoms with E-state index in [1.165, 1.54) is 18.2 Å². The van der Waals surface area contributed by atoms with Crippen LogP contribution in [-0.2, 0) is 0 Å². The fourth-order valence-electron chi connectivity index (χ4n) is 3.30. The second-order valence-corrected chi connectivity index (χ2v) is 6.66. The number of carbonyl (C=O) groups excluding carboxylic acids is 2. The van der Waals surface area contributed by atoms with Gasteiger partial charge < -0.3 is 5.32 Å². The lowest BCUT2D eigenvalue weighted by Crippen LogP contribution is -2.16. The average molecular weight is 396 g/mol. The molecule has 0 saturated carbocycles. The first-order valence-electron chi connectivity index (χ1n) is 9.22. The van der Waals surface area contributed by atoms with Crippen molar-refractivity contribution in [3.8, 4) is 0 Å². The van der Waals surface area contributed by atoms with Crippen LogP contribution in [-0.4, -0.2) is 16.6 Å². The summed E-state index contributed by atoms with van der Waals surface area (Å²) < 4.78 is 0. The summed E-state index contributed by atoms with van der Waals surface area (Å²) in [5.74, 6) is -0.810. The third kappa shape index (κ3) is 3.66. The number of ketones is 1. The standard InChI is InChI=1S/C24H16N2O4/c27-23(17-8-2-1-3-9-17)21-15-18(26(29)30)13-14-22(21)25-24(28)20-12-6-10-16-7-4-5-11-19(16)20/h1-15H,(H,25,28). The van der Waals surface area contributed by atoms with Gasteiger partial charge in [0, 0.05) is 23.3 Å². The van der Waals surface area contributed by atoms with Crippen LogP contribution in [0.25, 0.3) is 10.8 Å². The zero-order valence-corrected chi connectivity index (χ0v) is 15.7. The third-order valence-electron chi connectivity index (χ3n) is 4.78. The number of rotatable bonds is 5. The van der Waals surface area contributed by atoms with Gasteiger partial charge in [-0.1, -0.05) is 66.7 Å². The highest BCUT2D eigenvalue weighted by molar-refractivity contribution is 6.18. The number of anilines is 1. The molecule has 146 valence electrons. The first-order chi connectivity index (χ1) is 14.5. The number of carbonyl (C=O) groups is 2. The zero-order valence-electron chi connectivity index (χ0n) is 15.7. The molecule has 0 fully saturated rings. The van der Waals surface area contributed by atoms with Gasteiger partial charge >= 0.3 is 0 Å². The Hall–Kier alpha value is -4.32. The summed E-state index contributed by atoms with van der Waals surface area (Å²) in [5.41, 5.74) is 0.872. The highest BCUT2D eigenvalue weighted by Gasteiger charge is 2.20. The smallest absolute Gasteiger partial charge is 0.270 e. The summed E-state index contributed by atoms with van der Waals surface area (Å²) in [4.78, 5) is 36.6. The van der Waals surface area contributed by atoms with E-state index in [2.05, 4.69) is 5.32 Å². The van der Waals surface area contributed by atoms with Crippen molar-refractivity contribution in [1.82, 2.24) is 0 Å². The maximum atomic E-state index is 13.0. The first-order valence-corrected chi connectivity index (χ1v) is 9.22. The Bertz CT molecular complexity index is 1280. The lowest BCUT2D eigenvalue weighted by atomic mass is 10.00. The summed E-state index contributed by atoms with van der Waals surface area (Å²) in [6.07, 6.45) is 0. The number of non-ortho nitro benzene ring substituents is 1. The Labute approximate surface area is 171 Å². The number of nitrogens with one attached hydrogen (secondary N) is 1. The maximum Gasteiger partial charge on any atom is 0.270 e. The molecule has 0 aliphatic heterocycles. The minimum atomic E-state index is -0.571. The molecule has 0 heterocycles. The lowest BCUT2D eigenvalue weighted by molar-refractivity contribution is -0.384. The van der Waals surface area contributed by atoms with E-state index < -0.39 is 16.6 Å². The van der Waals surface area contributed by atoms with Gasteiger partial charge in [0.2, 0.25) is 0 Å². The van der Waals surface area contributed by atoms with Crippen molar-refractivity contribution >= 4 is 33.8 Å². The van der Waals surface area contributed by atoms with Crippen molar-refractivity contribution < 1.29 is 14.5 Å². The van der Waals surface area contributed by atoms with Gasteiger partial charge in [-0.2, -0.15) is 0 Å². The molecule has 4 rings (SSSR count). The Morgan fingerprint density at radius 1 is 0.767 bits per heavy atom. The van der Waals surface area contributed by atoms with Crippen LogP contribution in [0.3, 0.4) is 0 Å². The number of benzene rings is 4. The monoisotopic (exact) mass is 396 g/mol. The Morgan fingerprint density at radius 3 is 2.23 bits per heavy atom. The van der Waals surface area contributed by atoms with E-state index >= 15 is 0 Å². The Kier molecular flexibility index (Phi) is 5.05. The molecule has 1 amide bonds. The topological polar surface area (TPSA) is 89.3 Å². The number of amides is 1. The van der Waals surface area contributed by atoms with E-state index in [0.717, 1.165) is 10.8 Å². The average Bonchev–Trinajstić information content (AvgIpc) is 2.79. The van der Waals surface area contributed by atoms with Crippen molar-refractivity contribution in [3.63, 3.8) is 0 Å². The summed E-state index contributed by atoms with van der Waals surface area (Å²) in [5, 5.41) is 15.7. The fraction of sp³-hybridized carbons (Fsp3) is 0. The lowest BCUT2D eigenvalue weighted by Gasteiger charge is -2.12. The molecule has 0 aliphatic carbocycles. The first kappa shape index (κ1) is 19.0. The second-order valence-electron chi connectivity index (χ2n) is 6.66. The van der Waals surface area contributed by atoms with Crippen LogP contribution in [0.1, 0.15) is 26.3 Å². The Morgan fingerprint density at radius 2 is 1.47 bits per heavy atom. The predicted molar refractivity (Wildman–Crippen MR) is 115 cm³/mol. The van der Waals surface area contributed by atoms with Gasteiger partial charge in [0.15, 0.2) is 5.78 Å². The molecule has 1 N–H and O–H groups in total. The molecule has 0 bridgehead atoms. The van der Waals surface area contributed by atoms with E-state index in [1.54, 1.807) is 42.5 Å². The summed E-state index contributed by atoms with van der Waals surface area (Å²) in [6, 6.07) is 25.1. The number of hydrogen-bond donors (Lipinski definition) is 1. The molecule has 0 aliphatic rings.